The van der Waals surface area contributed by atoms with Gasteiger partial charge in [-0.15, -0.1) is 0 Å². The zero-order valence-electron chi connectivity index (χ0n) is 10.5. The minimum atomic E-state index is 0.240. The third kappa shape index (κ3) is 2.99. The van der Waals surface area contributed by atoms with Gasteiger partial charge in [-0.2, -0.15) is 0 Å². The van der Waals surface area contributed by atoms with Gasteiger partial charge in [0.1, 0.15) is 11.5 Å². The van der Waals surface area contributed by atoms with Crippen molar-refractivity contribution in [1.29, 1.82) is 0 Å². The number of halogens is 1. The molecule has 0 aromatic heterocycles. The molecule has 1 aliphatic rings. The van der Waals surface area contributed by atoms with E-state index < -0.39 is 0 Å². The normalized spacial score (nSPS) is 18.5. The lowest BCUT2D eigenvalue weighted by Gasteiger charge is -2.13. The van der Waals surface area contributed by atoms with Crippen LogP contribution in [0.2, 0.25) is 0 Å². The van der Waals surface area contributed by atoms with E-state index in [-0.39, 0.29) is 4.83 Å². The summed E-state index contributed by atoms with van der Waals surface area (Å²) in [5.41, 5.74) is 2.60. The number of hydrogen-bond donors (Lipinski definition) is 0. The Morgan fingerprint density at radius 3 is 2.74 bits per heavy atom. The summed E-state index contributed by atoms with van der Waals surface area (Å²) < 4.78 is 11.4. The SMILES string of the molecule is BrC1COCCc2ccc(Oc3ccccc3)cc21. The van der Waals surface area contributed by atoms with Crippen LogP contribution in [0.1, 0.15) is 16.0 Å². The Morgan fingerprint density at radius 1 is 1.05 bits per heavy atom. The van der Waals surface area contributed by atoms with Crippen LogP contribution < -0.4 is 4.74 Å². The summed E-state index contributed by atoms with van der Waals surface area (Å²) in [6.45, 7) is 1.50. The summed E-state index contributed by atoms with van der Waals surface area (Å²) in [7, 11) is 0. The number of benzene rings is 2. The van der Waals surface area contributed by atoms with Crippen molar-refractivity contribution < 1.29 is 9.47 Å². The molecule has 2 aromatic rings. The van der Waals surface area contributed by atoms with Crippen molar-refractivity contribution in [3.05, 3.63) is 59.7 Å². The van der Waals surface area contributed by atoms with E-state index in [1.807, 2.05) is 36.4 Å². The quantitative estimate of drug-likeness (QED) is 0.760. The molecule has 3 rings (SSSR count). The molecule has 0 saturated carbocycles. The zero-order valence-corrected chi connectivity index (χ0v) is 12.1. The predicted octanol–water partition coefficient (Wildman–Crippen LogP) is 4.49. The highest BCUT2D eigenvalue weighted by Gasteiger charge is 2.17. The maximum Gasteiger partial charge on any atom is 0.127 e. The van der Waals surface area contributed by atoms with Crippen LogP contribution in [0, 0.1) is 0 Å². The highest BCUT2D eigenvalue weighted by Crippen LogP contribution is 2.33. The van der Waals surface area contributed by atoms with E-state index in [1.165, 1.54) is 11.1 Å². The number of alkyl halides is 1. The summed E-state index contributed by atoms with van der Waals surface area (Å²) in [6.07, 6.45) is 0.961. The van der Waals surface area contributed by atoms with Crippen LogP contribution in [0.4, 0.5) is 0 Å². The maximum atomic E-state index is 5.87. The van der Waals surface area contributed by atoms with Crippen LogP contribution in [0.25, 0.3) is 0 Å². The van der Waals surface area contributed by atoms with Crippen LogP contribution in [-0.4, -0.2) is 13.2 Å². The first kappa shape index (κ1) is 12.7. The van der Waals surface area contributed by atoms with E-state index in [2.05, 4.69) is 28.1 Å². The standard InChI is InChI=1S/C16H15BrO2/c17-16-11-18-9-8-12-6-7-14(10-15(12)16)19-13-4-2-1-3-5-13/h1-7,10,16H,8-9,11H2. The number of ether oxygens (including phenoxy) is 2. The number of rotatable bonds is 2. The molecular formula is C16H15BrO2. The van der Waals surface area contributed by atoms with Gasteiger partial charge in [0.05, 0.1) is 18.0 Å². The monoisotopic (exact) mass is 318 g/mol. The smallest absolute Gasteiger partial charge is 0.127 e. The van der Waals surface area contributed by atoms with Crippen molar-refractivity contribution in [2.24, 2.45) is 0 Å². The summed E-state index contributed by atoms with van der Waals surface area (Å²) in [5.74, 6) is 1.73. The second-order valence-electron chi connectivity index (χ2n) is 4.57. The molecule has 98 valence electrons. The second-order valence-corrected chi connectivity index (χ2v) is 5.67. The topological polar surface area (TPSA) is 18.5 Å². The van der Waals surface area contributed by atoms with Crippen molar-refractivity contribution in [2.45, 2.75) is 11.2 Å². The fraction of sp³-hybridized carbons (Fsp3) is 0.250. The molecule has 0 saturated heterocycles. The van der Waals surface area contributed by atoms with Gasteiger partial charge < -0.3 is 9.47 Å². The van der Waals surface area contributed by atoms with Gasteiger partial charge in [-0.25, -0.2) is 0 Å². The first-order valence-electron chi connectivity index (χ1n) is 6.40. The van der Waals surface area contributed by atoms with E-state index >= 15 is 0 Å². The number of fused-ring (bicyclic) bond motifs is 1. The van der Waals surface area contributed by atoms with Crippen molar-refractivity contribution >= 4 is 15.9 Å². The largest absolute Gasteiger partial charge is 0.457 e. The Hall–Kier alpha value is -1.32. The summed E-state index contributed by atoms with van der Waals surface area (Å²) in [4.78, 5) is 0.240. The Kier molecular flexibility index (Phi) is 3.85. The average Bonchev–Trinajstić information content (AvgIpc) is 2.62. The van der Waals surface area contributed by atoms with Crippen molar-refractivity contribution in [2.75, 3.05) is 13.2 Å². The lowest BCUT2D eigenvalue weighted by atomic mass is 10.0. The molecular weight excluding hydrogens is 304 g/mol. The Morgan fingerprint density at radius 2 is 1.89 bits per heavy atom. The third-order valence-electron chi connectivity index (χ3n) is 3.21. The Bertz CT molecular complexity index is 554. The van der Waals surface area contributed by atoms with Crippen molar-refractivity contribution in [3.63, 3.8) is 0 Å². The van der Waals surface area contributed by atoms with Crippen LogP contribution in [-0.2, 0) is 11.2 Å². The van der Waals surface area contributed by atoms with Gasteiger partial charge >= 0.3 is 0 Å². The van der Waals surface area contributed by atoms with Gasteiger partial charge in [0.25, 0.3) is 0 Å². The van der Waals surface area contributed by atoms with Crippen LogP contribution in [0.5, 0.6) is 11.5 Å². The average molecular weight is 319 g/mol. The first-order chi connectivity index (χ1) is 9.33. The zero-order chi connectivity index (χ0) is 13.1. The molecule has 1 heterocycles. The van der Waals surface area contributed by atoms with Gasteiger partial charge in [0.2, 0.25) is 0 Å². The maximum absolute atomic E-state index is 5.87. The molecule has 0 fully saturated rings. The van der Waals surface area contributed by atoms with Crippen LogP contribution in [0.15, 0.2) is 48.5 Å². The van der Waals surface area contributed by atoms with E-state index in [0.29, 0.717) is 6.61 Å². The minimum Gasteiger partial charge on any atom is -0.457 e. The predicted molar refractivity (Wildman–Crippen MR) is 79.1 cm³/mol. The second kappa shape index (κ2) is 5.76. The summed E-state index contributed by atoms with van der Waals surface area (Å²) >= 11 is 3.68. The fourth-order valence-electron chi connectivity index (χ4n) is 2.24. The molecule has 1 aliphatic heterocycles. The Labute approximate surface area is 121 Å². The van der Waals surface area contributed by atoms with E-state index in [1.54, 1.807) is 0 Å². The number of para-hydroxylation sites is 1. The molecule has 19 heavy (non-hydrogen) atoms. The molecule has 3 heteroatoms. The van der Waals surface area contributed by atoms with Gasteiger partial charge in [-0.05, 0) is 41.8 Å². The van der Waals surface area contributed by atoms with Crippen molar-refractivity contribution in [1.82, 2.24) is 0 Å². The molecule has 0 amide bonds. The highest BCUT2D eigenvalue weighted by molar-refractivity contribution is 9.09. The molecule has 2 nitrogen and oxygen atoms in total. The molecule has 0 aliphatic carbocycles. The first-order valence-corrected chi connectivity index (χ1v) is 7.32. The summed E-state index contributed by atoms with van der Waals surface area (Å²) in [6, 6.07) is 16.1. The summed E-state index contributed by atoms with van der Waals surface area (Å²) in [5, 5.41) is 0. The fourth-order valence-corrected chi connectivity index (χ4v) is 2.85. The van der Waals surface area contributed by atoms with E-state index in [9.17, 15) is 0 Å². The van der Waals surface area contributed by atoms with E-state index in [4.69, 9.17) is 9.47 Å². The molecule has 1 atom stereocenters. The van der Waals surface area contributed by atoms with Gasteiger partial charge in [-0.3, -0.25) is 0 Å². The molecule has 0 N–H and O–H groups in total. The minimum absolute atomic E-state index is 0.240. The molecule has 0 radical (unpaired) electrons. The third-order valence-corrected chi connectivity index (χ3v) is 3.97. The van der Waals surface area contributed by atoms with Gasteiger partial charge in [-0.1, -0.05) is 40.2 Å². The molecule has 0 bridgehead atoms. The van der Waals surface area contributed by atoms with Gasteiger partial charge in [0, 0.05) is 0 Å². The molecule has 2 aromatic carbocycles. The Balaban J connectivity index is 1.88. The van der Waals surface area contributed by atoms with Crippen molar-refractivity contribution in [3.8, 4) is 11.5 Å². The van der Waals surface area contributed by atoms with E-state index in [0.717, 1.165) is 24.5 Å². The van der Waals surface area contributed by atoms with Crippen LogP contribution in [0.3, 0.4) is 0 Å². The highest BCUT2D eigenvalue weighted by atomic mass is 79.9. The molecule has 0 spiro atoms. The lowest BCUT2D eigenvalue weighted by molar-refractivity contribution is 0.146. The van der Waals surface area contributed by atoms with Crippen LogP contribution >= 0.6 is 15.9 Å². The number of hydrogen-bond acceptors (Lipinski definition) is 2. The molecule has 1 unspecified atom stereocenters. The lowest BCUT2D eigenvalue weighted by Crippen LogP contribution is -1.98. The van der Waals surface area contributed by atoms with Gasteiger partial charge in [0.15, 0.2) is 0 Å².